The second-order valence-electron chi connectivity index (χ2n) is 7.41. The van der Waals surface area contributed by atoms with Crippen LogP contribution in [0.5, 0.6) is 0 Å². The number of rotatable bonds is 6. The third-order valence-corrected chi connectivity index (χ3v) is 6.23. The quantitative estimate of drug-likeness (QED) is 0.550. The highest BCUT2D eigenvalue weighted by Gasteiger charge is 2.25. The molecule has 1 N–H and O–H groups in total. The van der Waals surface area contributed by atoms with Gasteiger partial charge in [0.05, 0.1) is 16.9 Å². The molecule has 11 heteroatoms. The van der Waals surface area contributed by atoms with Gasteiger partial charge >= 0.3 is 5.97 Å². The van der Waals surface area contributed by atoms with E-state index in [0.29, 0.717) is 11.8 Å². The van der Waals surface area contributed by atoms with Crippen molar-refractivity contribution in [2.24, 2.45) is 0 Å². The lowest BCUT2D eigenvalue weighted by molar-refractivity contribution is -0.121. The van der Waals surface area contributed by atoms with E-state index >= 15 is 0 Å². The van der Waals surface area contributed by atoms with Crippen molar-refractivity contribution >= 4 is 40.9 Å². The first kappa shape index (κ1) is 22.5. The molecule has 1 aromatic heterocycles. The molecular weight excluding hydrogens is 444 g/mol. The molecule has 0 aliphatic carbocycles. The van der Waals surface area contributed by atoms with Gasteiger partial charge in [-0.2, -0.15) is 0 Å². The predicted octanol–water partition coefficient (Wildman–Crippen LogP) is 2.39. The van der Waals surface area contributed by atoms with Gasteiger partial charge < -0.3 is 15.0 Å². The summed E-state index contributed by atoms with van der Waals surface area (Å²) in [7, 11) is 0. The molecule has 1 aliphatic heterocycles. The first-order chi connectivity index (χ1) is 16.0. The van der Waals surface area contributed by atoms with E-state index in [1.807, 2.05) is 24.3 Å². The van der Waals surface area contributed by atoms with Gasteiger partial charge in [0.1, 0.15) is 12.9 Å². The van der Waals surface area contributed by atoms with Crippen LogP contribution in [0.4, 0.5) is 11.4 Å². The summed E-state index contributed by atoms with van der Waals surface area (Å²) in [6.07, 6.45) is 2.14. The van der Waals surface area contributed by atoms with E-state index in [-0.39, 0.29) is 23.7 Å². The Morgan fingerprint density at radius 2 is 1.94 bits per heavy atom. The first-order valence-corrected chi connectivity index (χ1v) is 11.2. The first-order valence-electron chi connectivity index (χ1n) is 10.3. The number of para-hydroxylation sites is 2. The van der Waals surface area contributed by atoms with Crippen molar-refractivity contribution in [3.8, 4) is 0 Å². The third-order valence-electron chi connectivity index (χ3n) is 4.99. The number of thioether (sulfide) groups is 1. The molecule has 10 nitrogen and oxygen atoms in total. The van der Waals surface area contributed by atoms with Crippen LogP contribution in [0.25, 0.3) is 0 Å². The molecule has 0 bridgehead atoms. The van der Waals surface area contributed by atoms with E-state index in [1.165, 1.54) is 17.1 Å². The van der Waals surface area contributed by atoms with E-state index in [4.69, 9.17) is 4.74 Å². The van der Waals surface area contributed by atoms with Gasteiger partial charge in [-0.25, -0.2) is 9.48 Å². The second kappa shape index (κ2) is 10.3. The molecule has 0 saturated carbocycles. The Morgan fingerprint density at radius 3 is 2.76 bits per heavy atom. The molecule has 2 heterocycles. The fourth-order valence-electron chi connectivity index (χ4n) is 3.39. The van der Waals surface area contributed by atoms with Gasteiger partial charge in [-0.15, -0.1) is 16.9 Å². The lowest BCUT2D eigenvalue weighted by Gasteiger charge is -2.22. The van der Waals surface area contributed by atoms with Gasteiger partial charge in [0.25, 0.3) is 5.91 Å². The largest absolute Gasteiger partial charge is 0.452 e. The van der Waals surface area contributed by atoms with Crippen molar-refractivity contribution in [3.63, 3.8) is 0 Å². The number of esters is 1. The Hall–Kier alpha value is -3.73. The molecule has 1 unspecified atom stereocenters. The monoisotopic (exact) mass is 466 g/mol. The van der Waals surface area contributed by atoms with Crippen LogP contribution in [0.2, 0.25) is 0 Å². The van der Waals surface area contributed by atoms with E-state index < -0.39 is 18.5 Å². The number of hydrogen-bond acceptors (Lipinski definition) is 8. The normalized spacial score (nSPS) is 15.3. The number of fused-ring (bicyclic) bond motifs is 1. The Kier molecular flexibility index (Phi) is 6.98. The smallest absolute Gasteiger partial charge is 0.340 e. The molecule has 2 amide bonds. The number of anilines is 2. The third kappa shape index (κ3) is 5.55. The minimum Gasteiger partial charge on any atom is -0.452 e. The van der Waals surface area contributed by atoms with Crippen molar-refractivity contribution in [2.75, 3.05) is 23.4 Å². The van der Waals surface area contributed by atoms with Crippen LogP contribution in [0, 0.1) is 0 Å². The van der Waals surface area contributed by atoms with Gasteiger partial charge in [0.15, 0.2) is 6.61 Å². The number of aromatic nitrogens is 4. The zero-order chi connectivity index (χ0) is 23.2. The average Bonchev–Trinajstić information content (AvgIpc) is 3.25. The minimum atomic E-state index is -0.701. The number of tetrazole rings is 1. The summed E-state index contributed by atoms with van der Waals surface area (Å²) in [6, 6.07) is 14.2. The lowest BCUT2D eigenvalue weighted by Crippen LogP contribution is -2.36. The van der Waals surface area contributed by atoms with Crippen molar-refractivity contribution < 1.29 is 19.1 Å². The number of hydrogen-bond donors (Lipinski definition) is 1. The summed E-state index contributed by atoms with van der Waals surface area (Å²) >= 11 is 1.73. The molecule has 0 saturated heterocycles. The van der Waals surface area contributed by atoms with Crippen molar-refractivity contribution in [1.82, 2.24) is 20.2 Å². The molecular formula is C22H22N6O4S. The maximum Gasteiger partial charge on any atom is 0.340 e. The van der Waals surface area contributed by atoms with Crippen molar-refractivity contribution in [3.05, 3.63) is 60.4 Å². The number of amides is 2. The molecule has 0 radical (unpaired) electrons. The molecule has 33 heavy (non-hydrogen) atoms. The molecule has 4 rings (SSSR count). The Bertz CT molecular complexity index is 1150. The molecule has 0 fully saturated rings. The summed E-state index contributed by atoms with van der Waals surface area (Å²) in [5.41, 5.74) is 1.25. The highest BCUT2D eigenvalue weighted by Crippen LogP contribution is 2.37. The van der Waals surface area contributed by atoms with Crippen LogP contribution in [-0.4, -0.2) is 56.4 Å². The highest BCUT2D eigenvalue weighted by molar-refractivity contribution is 8.00. The van der Waals surface area contributed by atoms with E-state index in [0.717, 1.165) is 17.0 Å². The number of carbonyl (C=O) groups excluding carboxylic acids is 3. The molecule has 1 atom stereocenters. The Morgan fingerprint density at radius 1 is 1.15 bits per heavy atom. The van der Waals surface area contributed by atoms with E-state index in [9.17, 15) is 14.4 Å². The fourth-order valence-corrected chi connectivity index (χ4v) is 4.50. The van der Waals surface area contributed by atoms with Crippen LogP contribution in [-0.2, 0) is 20.9 Å². The summed E-state index contributed by atoms with van der Waals surface area (Å²) in [5, 5.41) is 13.6. The van der Waals surface area contributed by atoms with Gasteiger partial charge in [0, 0.05) is 16.7 Å². The SMILES string of the molecule is CC1CCN(C(=O)COC(=O)c2ccccc2NC(=O)Cn2cnnn2)c2ccccc2S1. The molecule has 2 aromatic carbocycles. The number of ether oxygens (including phenoxy) is 1. The zero-order valence-electron chi connectivity index (χ0n) is 17.9. The summed E-state index contributed by atoms with van der Waals surface area (Å²) in [5.74, 6) is -1.41. The van der Waals surface area contributed by atoms with E-state index in [2.05, 4.69) is 27.8 Å². The fraction of sp³-hybridized carbons (Fsp3) is 0.273. The number of carbonyl (C=O) groups is 3. The number of nitrogens with one attached hydrogen (secondary N) is 1. The van der Waals surface area contributed by atoms with Crippen LogP contribution < -0.4 is 10.2 Å². The standard InChI is InChI=1S/C22H22N6O4S/c1-15-10-11-28(18-8-4-5-9-19(18)33-15)21(30)13-32-22(31)16-6-2-3-7-17(16)24-20(29)12-27-14-23-25-26-27/h2-9,14-15H,10-13H2,1H3,(H,24,29). The topological polar surface area (TPSA) is 119 Å². The highest BCUT2D eigenvalue weighted by atomic mass is 32.2. The Labute approximate surface area is 194 Å². The second-order valence-corrected chi connectivity index (χ2v) is 8.89. The van der Waals surface area contributed by atoms with Gasteiger partial charge in [-0.05, 0) is 41.1 Å². The van der Waals surface area contributed by atoms with Crippen LogP contribution in [0.15, 0.2) is 59.8 Å². The van der Waals surface area contributed by atoms with Crippen LogP contribution in [0.1, 0.15) is 23.7 Å². The number of benzene rings is 2. The summed E-state index contributed by atoms with van der Waals surface area (Å²) in [4.78, 5) is 40.6. The van der Waals surface area contributed by atoms with Crippen molar-refractivity contribution in [1.29, 1.82) is 0 Å². The predicted molar refractivity (Wildman–Crippen MR) is 122 cm³/mol. The minimum absolute atomic E-state index is 0.111. The van der Waals surface area contributed by atoms with Gasteiger partial charge in [0.2, 0.25) is 5.91 Å². The molecule has 170 valence electrons. The van der Waals surface area contributed by atoms with Gasteiger partial charge in [-0.1, -0.05) is 31.2 Å². The van der Waals surface area contributed by atoms with Crippen molar-refractivity contribution in [2.45, 2.75) is 30.0 Å². The maximum atomic E-state index is 12.9. The molecule has 0 spiro atoms. The van der Waals surface area contributed by atoms with Crippen LogP contribution in [0.3, 0.4) is 0 Å². The summed E-state index contributed by atoms with van der Waals surface area (Å²) < 4.78 is 6.59. The molecule has 3 aromatic rings. The average molecular weight is 467 g/mol. The number of nitrogens with zero attached hydrogens (tertiary/aromatic N) is 5. The zero-order valence-corrected chi connectivity index (χ0v) is 18.7. The lowest BCUT2D eigenvalue weighted by atomic mass is 10.2. The Balaban J connectivity index is 1.41. The van der Waals surface area contributed by atoms with Gasteiger partial charge in [-0.3, -0.25) is 9.59 Å². The molecule has 1 aliphatic rings. The van der Waals surface area contributed by atoms with Crippen LogP contribution >= 0.6 is 11.8 Å². The maximum absolute atomic E-state index is 12.9. The van der Waals surface area contributed by atoms with E-state index in [1.54, 1.807) is 34.9 Å². The summed E-state index contributed by atoms with van der Waals surface area (Å²) in [6.45, 7) is 2.16.